The molecule has 0 atom stereocenters. The Hall–Kier alpha value is 0.274. The van der Waals surface area contributed by atoms with Crippen LogP contribution in [0.4, 0.5) is 0 Å². The molecule has 0 unspecified atom stereocenters. The number of rotatable bonds is 12. The van der Waals surface area contributed by atoms with Gasteiger partial charge in [-0.1, -0.05) is 53.1 Å². The second-order valence-electron chi connectivity index (χ2n) is 9.38. The Balaban J connectivity index is 2.88. The van der Waals surface area contributed by atoms with E-state index >= 15 is 0 Å². The van der Waals surface area contributed by atoms with E-state index in [9.17, 15) is 0 Å². The van der Waals surface area contributed by atoms with Gasteiger partial charge in [0.15, 0.2) is 0 Å². The van der Waals surface area contributed by atoms with Crippen molar-refractivity contribution in [2.45, 2.75) is 110 Å². The highest BCUT2D eigenvalue weighted by Gasteiger charge is 2.45. The van der Waals surface area contributed by atoms with Crippen LogP contribution in [-0.2, 0) is 13.3 Å². The maximum absolute atomic E-state index is 6.08. The minimum Gasteiger partial charge on any atom is -0.374 e. The van der Waals surface area contributed by atoms with E-state index < -0.39 is 17.0 Å². The molecule has 0 saturated heterocycles. The molecule has 0 amide bonds. The van der Waals surface area contributed by atoms with Gasteiger partial charge in [0.1, 0.15) is 8.24 Å². The number of nitrogens with zero attached hydrogens (tertiary/aromatic N) is 1. The highest BCUT2D eigenvalue weighted by atomic mass is 28.4. The van der Waals surface area contributed by atoms with E-state index in [1.165, 1.54) is 32.1 Å². The third-order valence-corrected chi connectivity index (χ3v) is 15.4. The predicted molar refractivity (Wildman–Crippen MR) is 121 cm³/mol. The van der Waals surface area contributed by atoms with Crippen molar-refractivity contribution in [3.05, 3.63) is 0 Å². The topological polar surface area (TPSA) is 30.9 Å². The van der Waals surface area contributed by atoms with Crippen LogP contribution in [0, 0.1) is 0 Å². The lowest BCUT2D eigenvalue weighted by atomic mass is 9.95. The normalized spacial score (nSPS) is 17.7. The molecule has 6 heteroatoms. The minimum absolute atomic E-state index is 0.374. The quantitative estimate of drug-likeness (QED) is 0.361. The van der Waals surface area contributed by atoms with Gasteiger partial charge in [0.25, 0.3) is 0 Å². The van der Waals surface area contributed by atoms with E-state index in [0.717, 1.165) is 25.1 Å². The Labute approximate surface area is 171 Å². The van der Waals surface area contributed by atoms with Crippen LogP contribution >= 0.6 is 0 Å². The molecule has 0 bridgehead atoms. The van der Waals surface area contributed by atoms with Crippen molar-refractivity contribution in [2.75, 3.05) is 26.4 Å². The molecule has 1 fully saturated rings. The lowest BCUT2D eigenvalue weighted by Gasteiger charge is -2.51. The van der Waals surface area contributed by atoms with Gasteiger partial charge in [-0.25, -0.2) is 0 Å². The fourth-order valence-corrected chi connectivity index (χ4v) is 9.55. The molecule has 0 aromatic heterocycles. The van der Waals surface area contributed by atoms with Crippen molar-refractivity contribution in [3.8, 4) is 0 Å². The smallest absolute Gasteiger partial charge is 0.374 e. The summed E-state index contributed by atoms with van der Waals surface area (Å²) in [7, 11) is -4.08. The fourth-order valence-electron chi connectivity index (χ4n) is 4.21. The van der Waals surface area contributed by atoms with Gasteiger partial charge in [-0.3, -0.25) is 0 Å². The Kier molecular flexibility index (Phi) is 10.7. The van der Waals surface area contributed by atoms with Gasteiger partial charge in [0.2, 0.25) is 0 Å². The molecule has 0 N–H and O–H groups in total. The van der Waals surface area contributed by atoms with Gasteiger partial charge in [-0.05, 0) is 51.6 Å². The number of hydrogen-bond acceptors (Lipinski definition) is 4. The summed E-state index contributed by atoms with van der Waals surface area (Å²) in [6.45, 7) is 21.8. The van der Waals surface area contributed by atoms with Crippen molar-refractivity contribution in [1.29, 1.82) is 0 Å². The zero-order valence-electron chi connectivity index (χ0n) is 19.5. The monoisotopic (exact) mass is 417 g/mol. The molecule has 0 aromatic rings. The van der Waals surface area contributed by atoms with E-state index in [0.29, 0.717) is 24.9 Å². The van der Waals surface area contributed by atoms with Crippen LogP contribution in [0.25, 0.3) is 0 Å². The van der Waals surface area contributed by atoms with Crippen LogP contribution < -0.4 is 0 Å². The summed E-state index contributed by atoms with van der Waals surface area (Å²) in [6, 6.07) is 1.70. The highest BCUT2D eigenvalue weighted by Crippen LogP contribution is 2.41. The summed E-state index contributed by atoms with van der Waals surface area (Å²) < 4.78 is 21.2. The van der Waals surface area contributed by atoms with Gasteiger partial charge in [0.05, 0.1) is 0 Å². The van der Waals surface area contributed by atoms with E-state index in [4.69, 9.17) is 13.3 Å². The van der Waals surface area contributed by atoms with Crippen LogP contribution in [0.15, 0.2) is 0 Å². The summed E-state index contributed by atoms with van der Waals surface area (Å²) >= 11 is 0. The zero-order chi connectivity index (χ0) is 20.6. The molecule has 0 aliphatic heterocycles. The third kappa shape index (κ3) is 7.23. The molecule has 0 radical (unpaired) electrons. The summed E-state index contributed by atoms with van der Waals surface area (Å²) in [4.78, 5) is 0. The summed E-state index contributed by atoms with van der Waals surface area (Å²) in [5.74, 6) is 0. The third-order valence-electron chi connectivity index (χ3n) is 6.54. The van der Waals surface area contributed by atoms with Crippen molar-refractivity contribution in [2.24, 2.45) is 0 Å². The maximum Gasteiger partial charge on any atom is 0.500 e. The summed E-state index contributed by atoms with van der Waals surface area (Å²) in [5.41, 5.74) is 0. The lowest BCUT2D eigenvalue weighted by molar-refractivity contribution is 0.0700. The average Bonchev–Trinajstić information content (AvgIpc) is 2.59. The van der Waals surface area contributed by atoms with Gasteiger partial charge in [0, 0.05) is 31.9 Å². The Morgan fingerprint density at radius 1 is 0.852 bits per heavy atom. The van der Waals surface area contributed by atoms with Crippen molar-refractivity contribution >= 4 is 17.0 Å². The molecular formula is C21H47NO3Si2. The molecule has 0 spiro atoms. The first-order valence-electron chi connectivity index (χ1n) is 11.3. The number of hydrogen-bond donors (Lipinski definition) is 0. The van der Waals surface area contributed by atoms with E-state index in [-0.39, 0.29) is 0 Å². The molecule has 0 aromatic carbocycles. The van der Waals surface area contributed by atoms with Gasteiger partial charge >= 0.3 is 8.80 Å². The first-order valence-corrected chi connectivity index (χ1v) is 16.2. The first kappa shape index (κ1) is 25.3. The minimum atomic E-state index is -2.53. The largest absolute Gasteiger partial charge is 0.500 e. The van der Waals surface area contributed by atoms with Crippen LogP contribution in [0.5, 0.6) is 0 Å². The van der Waals surface area contributed by atoms with E-state index in [1.54, 1.807) is 0 Å². The fraction of sp³-hybridized carbons (Fsp3) is 1.00. The molecule has 0 heterocycles. The Morgan fingerprint density at radius 2 is 1.33 bits per heavy atom. The van der Waals surface area contributed by atoms with E-state index in [1.807, 2.05) is 20.8 Å². The average molecular weight is 418 g/mol. The second kappa shape index (κ2) is 11.5. The van der Waals surface area contributed by atoms with Crippen molar-refractivity contribution in [3.63, 3.8) is 0 Å². The lowest BCUT2D eigenvalue weighted by Crippen LogP contribution is -2.59. The molecule has 1 aliphatic carbocycles. The van der Waals surface area contributed by atoms with Gasteiger partial charge in [-0.2, -0.15) is 0 Å². The first-order chi connectivity index (χ1) is 12.6. The van der Waals surface area contributed by atoms with Crippen LogP contribution in [0.1, 0.15) is 80.1 Å². The molecule has 1 rings (SSSR count). The molecule has 1 saturated carbocycles. The zero-order valence-corrected chi connectivity index (χ0v) is 21.5. The van der Waals surface area contributed by atoms with E-state index in [2.05, 4.69) is 38.4 Å². The van der Waals surface area contributed by atoms with Crippen LogP contribution in [0.2, 0.25) is 24.2 Å². The highest BCUT2D eigenvalue weighted by molar-refractivity contribution is 6.77. The Morgan fingerprint density at radius 3 is 1.74 bits per heavy atom. The predicted octanol–water partition coefficient (Wildman–Crippen LogP) is 6.06. The molecular weight excluding hydrogens is 370 g/mol. The van der Waals surface area contributed by atoms with Crippen LogP contribution in [0.3, 0.4) is 0 Å². The Bertz CT molecular complexity index is 390. The molecule has 4 nitrogen and oxygen atoms in total. The molecule has 162 valence electrons. The molecule has 27 heavy (non-hydrogen) atoms. The standard InChI is InChI=1S/C21H47NO3Si2/c1-9-23-27(24-10-2,25-11-3)19-15-18-22(20-16-13-12-14-17-20)26(7,8)21(4,5)6/h20H,9-19H2,1-8H3. The van der Waals surface area contributed by atoms with Crippen molar-refractivity contribution in [1.82, 2.24) is 4.57 Å². The van der Waals surface area contributed by atoms with Crippen molar-refractivity contribution < 1.29 is 13.3 Å². The summed E-state index contributed by atoms with van der Waals surface area (Å²) in [5, 5.41) is 0.374. The summed E-state index contributed by atoms with van der Waals surface area (Å²) in [6.07, 6.45) is 8.05. The van der Waals surface area contributed by atoms with Gasteiger partial charge < -0.3 is 17.8 Å². The maximum atomic E-state index is 6.08. The second-order valence-corrected chi connectivity index (χ2v) is 17.3. The molecule has 1 aliphatic rings. The SMILES string of the molecule is CCO[Si](CCCN(C1CCCCC1)[Si](C)(C)C(C)(C)C)(OCC)OCC. The van der Waals surface area contributed by atoms with Crippen LogP contribution in [-0.4, -0.2) is 54.0 Å². The van der Waals surface area contributed by atoms with Gasteiger partial charge in [-0.15, -0.1) is 0 Å².